The molecule has 3 aromatic rings. The lowest BCUT2D eigenvalue weighted by Gasteiger charge is -1.95. The number of fused-ring (bicyclic) bond motifs is 2. The lowest BCUT2D eigenvalue weighted by Crippen LogP contribution is -1.87. The van der Waals surface area contributed by atoms with E-state index in [1.165, 1.54) is 15.3 Å². The monoisotopic (exact) mass is 282 g/mol. The highest BCUT2D eigenvalue weighted by Gasteiger charge is 2.15. The van der Waals surface area contributed by atoms with E-state index in [1.807, 2.05) is 12.1 Å². The van der Waals surface area contributed by atoms with Gasteiger partial charge in [0.05, 0.1) is 20.9 Å². The van der Waals surface area contributed by atoms with Gasteiger partial charge in [-0.1, -0.05) is 36.0 Å². The normalized spacial score (nSPS) is 15.7. The van der Waals surface area contributed by atoms with Crippen LogP contribution < -0.4 is 5.32 Å². The Balaban J connectivity index is 1.70. The van der Waals surface area contributed by atoms with Gasteiger partial charge in [0.25, 0.3) is 0 Å². The van der Waals surface area contributed by atoms with Gasteiger partial charge < -0.3 is 5.32 Å². The predicted molar refractivity (Wildman–Crippen MR) is 83.5 cm³/mol. The maximum Gasteiger partial charge on any atom is 0.119 e. The van der Waals surface area contributed by atoms with Gasteiger partial charge in [-0.2, -0.15) is 0 Å². The van der Waals surface area contributed by atoms with Crippen LogP contribution in [-0.4, -0.2) is 4.98 Å². The predicted octanol–water partition coefficient (Wildman–Crippen LogP) is 4.81. The molecule has 92 valence electrons. The molecule has 0 saturated carbocycles. The molecule has 1 aliphatic rings. The first kappa shape index (κ1) is 11.1. The van der Waals surface area contributed by atoms with Crippen molar-refractivity contribution in [3.63, 3.8) is 0 Å². The Morgan fingerprint density at radius 1 is 1.00 bits per heavy atom. The van der Waals surface area contributed by atoms with Crippen LogP contribution in [0.25, 0.3) is 16.3 Å². The van der Waals surface area contributed by atoms with E-state index in [1.54, 1.807) is 23.1 Å². The summed E-state index contributed by atoms with van der Waals surface area (Å²) in [7, 11) is 0. The summed E-state index contributed by atoms with van der Waals surface area (Å²) in [6.45, 7) is 0. The minimum atomic E-state index is 1.05. The molecular weight excluding hydrogens is 272 g/mol. The molecule has 1 aromatic heterocycles. The molecule has 2 nitrogen and oxygen atoms in total. The molecule has 1 N–H and O–H groups in total. The average Bonchev–Trinajstić information content (AvgIpc) is 3.00. The van der Waals surface area contributed by atoms with Gasteiger partial charge in [0.1, 0.15) is 5.01 Å². The van der Waals surface area contributed by atoms with Crippen molar-refractivity contribution >= 4 is 45.1 Å². The summed E-state index contributed by atoms with van der Waals surface area (Å²) in [6.07, 6.45) is 2.12. The smallest absolute Gasteiger partial charge is 0.119 e. The number of rotatable bonds is 1. The van der Waals surface area contributed by atoms with Crippen molar-refractivity contribution in [1.29, 1.82) is 0 Å². The van der Waals surface area contributed by atoms with E-state index < -0.39 is 0 Å². The number of benzene rings is 2. The van der Waals surface area contributed by atoms with Crippen molar-refractivity contribution in [2.24, 2.45) is 0 Å². The number of hydrogen-bond acceptors (Lipinski definition) is 4. The van der Waals surface area contributed by atoms with Gasteiger partial charge in [0.15, 0.2) is 0 Å². The Labute approximate surface area is 119 Å². The Morgan fingerprint density at radius 3 is 2.74 bits per heavy atom. The number of nitrogens with zero attached hydrogens (tertiary/aromatic N) is 1. The lowest BCUT2D eigenvalue weighted by atomic mass is 10.3. The summed E-state index contributed by atoms with van der Waals surface area (Å²) in [4.78, 5) is 5.90. The van der Waals surface area contributed by atoms with E-state index in [2.05, 4.69) is 52.8 Å². The fourth-order valence-electron chi connectivity index (χ4n) is 2.07. The van der Waals surface area contributed by atoms with E-state index in [0.29, 0.717) is 0 Å². The number of nitrogens with one attached hydrogen (secondary N) is 1. The summed E-state index contributed by atoms with van der Waals surface area (Å²) >= 11 is 3.48. The minimum Gasteiger partial charge on any atom is -0.349 e. The number of anilines is 1. The van der Waals surface area contributed by atoms with Crippen LogP contribution in [-0.2, 0) is 0 Å². The zero-order valence-corrected chi connectivity index (χ0v) is 11.6. The van der Waals surface area contributed by atoms with Crippen LogP contribution in [0.2, 0.25) is 0 Å². The molecular formula is C15H10N2S2. The fourth-order valence-corrected chi connectivity index (χ4v) is 3.99. The van der Waals surface area contributed by atoms with Crippen molar-refractivity contribution in [1.82, 2.24) is 4.98 Å². The summed E-state index contributed by atoms with van der Waals surface area (Å²) in [5.41, 5.74) is 2.25. The first-order valence-electron chi connectivity index (χ1n) is 6.00. The number of aromatic nitrogens is 1. The molecule has 4 rings (SSSR count). The van der Waals surface area contributed by atoms with E-state index >= 15 is 0 Å². The van der Waals surface area contributed by atoms with Crippen LogP contribution in [0.15, 0.2) is 58.5 Å². The van der Waals surface area contributed by atoms with Gasteiger partial charge in [-0.05, 0) is 24.3 Å². The molecule has 19 heavy (non-hydrogen) atoms. The third-order valence-electron chi connectivity index (χ3n) is 2.93. The molecule has 1 aliphatic heterocycles. The first-order valence-corrected chi connectivity index (χ1v) is 7.63. The largest absolute Gasteiger partial charge is 0.349 e. The Hall–Kier alpha value is -1.78. The average molecular weight is 282 g/mol. The standard InChI is InChI=1S/C15H10N2S2/c1-3-7-12-10(5-1)16-14(18-12)9-15-17-11-6-2-4-8-13(11)19-15/h1-9,16H/b14-9-. The van der Waals surface area contributed by atoms with Crippen molar-refractivity contribution in [2.45, 2.75) is 4.90 Å². The highest BCUT2D eigenvalue weighted by atomic mass is 32.2. The molecule has 0 unspecified atom stereocenters. The molecule has 0 bridgehead atoms. The second kappa shape index (κ2) is 4.40. The van der Waals surface area contributed by atoms with Crippen LogP contribution in [0, 0.1) is 0 Å². The molecule has 0 saturated heterocycles. The van der Waals surface area contributed by atoms with E-state index in [4.69, 9.17) is 0 Å². The first-order chi connectivity index (χ1) is 9.38. The second-order valence-electron chi connectivity index (χ2n) is 4.25. The van der Waals surface area contributed by atoms with Crippen LogP contribution in [0.3, 0.4) is 0 Å². The Kier molecular flexibility index (Phi) is 2.57. The van der Waals surface area contributed by atoms with Gasteiger partial charge in [-0.3, -0.25) is 0 Å². The van der Waals surface area contributed by atoms with Gasteiger partial charge in [-0.15, -0.1) is 11.3 Å². The van der Waals surface area contributed by atoms with E-state index in [-0.39, 0.29) is 0 Å². The quantitative estimate of drug-likeness (QED) is 0.693. The molecule has 4 heteroatoms. The molecule has 0 amide bonds. The van der Waals surface area contributed by atoms with Gasteiger partial charge in [-0.25, -0.2) is 4.98 Å². The highest BCUT2D eigenvalue weighted by Crippen LogP contribution is 2.41. The Morgan fingerprint density at radius 2 is 1.84 bits per heavy atom. The number of para-hydroxylation sites is 2. The number of thiazole rings is 1. The summed E-state index contributed by atoms with van der Waals surface area (Å²) < 4.78 is 1.23. The van der Waals surface area contributed by atoms with Crippen molar-refractivity contribution < 1.29 is 0 Å². The van der Waals surface area contributed by atoms with Crippen molar-refractivity contribution in [2.75, 3.05) is 5.32 Å². The molecule has 0 spiro atoms. The highest BCUT2D eigenvalue weighted by molar-refractivity contribution is 8.03. The van der Waals surface area contributed by atoms with Crippen LogP contribution in [0.4, 0.5) is 5.69 Å². The van der Waals surface area contributed by atoms with E-state index in [9.17, 15) is 0 Å². The maximum atomic E-state index is 4.63. The number of hydrogen-bond donors (Lipinski definition) is 1. The molecule has 0 radical (unpaired) electrons. The van der Waals surface area contributed by atoms with Crippen LogP contribution in [0.1, 0.15) is 5.01 Å². The maximum absolute atomic E-state index is 4.63. The number of thioether (sulfide) groups is 1. The molecule has 0 aliphatic carbocycles. The zero-order valence-electron chi connectivity index (χ0n) is 9.96. The third-order valence-corrected chi connectivity index (χ3v) is 4.93. The van der Waals surface area contributed by atoms with Crippen LogP contribution >= 0.6 is 23.1 Å². The van der Waals surface area contributed by atoms with Gasteiger partial charge in [0, 0.05) is 11.0 Å². The summed E-state index contributed by atoms with van der Waals surface area (Å²) in [5, 5.41) is 5.60. The van der Waals surface area contributed by atoms with Crippen molar-refractivity contribution in [3.05, 3.63) is 58.6 Å². The Bertz CT molecular complexity index is 729. The third kappa shape index (κ3) is 2.03. The van der Waals surface area contributed by atoms with E-state index in [0.717, 1.165) is 15.6 Å². The van der Waals surface area contributed by atoms with Crippen LogP contribution in [0.5, 0.6) is 0 Å². The topological polar surface area (TPSA) is 24.9 Å². The minimum absolute atomic E-state index is 1.05. The van der Waals surface area contributed by atoms with Gasteiger partial charge in [0.2, 0.25) is 0 Å². The molecule has 2 heterocycles. The molecule has 0 atom stereocenters. The van der Waals surface area contributed by atoms with Gasteiger partial charge >= 0.3 is 0 Å². The fraction of sp³-hybridized carbons (Fsp3) is 0. The summed E-state index contributed by atoms with van der Waals surface area (Å²) in [6, 6.07) is 16.6. The molecule has 0 fully saturated rings. The summed E-state index contributed by atoms with van der Waals surface area (Å²) in [5.74, 6) is 0. The zero-order chi connectivity index (χ0) is 12.7. The second-order valence-corrected chi connectivity index (χ2v) is 6.40. The SMILES string of the molecule is C(=C1\Nc2ccccc2S1)/c1nc2ccccc2s1. The van der Waals surface area contributed by atoms with Crippen molar-refractivity contribution in [3.8, 4) is 0 Å². The molecule has 2 aromatic carbocycles. The lowest BCUT2D eigenvalue weighted by molar-refractivity contribution is 1.44.